The van der Waals surface area contributed by atoms with Gasteiger partial charge in [-0.15, -0.1) is 0 Å². The number of aliphatic hydroxyl groups excluding tert-OH is 1. The highest BCUT2D eigenvalue weighted by Gasteiger charge is 2.48. The molecule has 0 radical (unpaired) electrons. The molecule has 1 aromatic heterocycles. The number of aliphatic hydroxyl groups is 1. The highest BCUT2D eigenvalue weighted by molar-refractivity contribution is 6.51. The summed E-state index contributed by atoms with van der Waals surface area (Å²) in [6.07, 6.45) is 3.19. The van der Waals surface area contributed by atoms with Crippen LogP contribution in [0, 0.1) is 13.8 Å². The standard InChI is InChI=1S/C27H28N2O5/c1-4-5-6-15-33-21-13-11-19(12-14-21)24-23(25(30)20-9-7-17(2)8-10-20)26(31)27(32)29(24)22-16-18(3)34-28-22/h7-14,16,24,30H,4-6,15H2,1-3H3/t24-/m1/s1. The number of hydrogen-bond acceptors (Lipinski definition) is 6. The Hall–Kier alpha value is -3.87. The Kier molecular flexibility index (Phi) is 6.82. The average molecular weight is 461 g/mol. The third-order valence-corrected chi connectivity index (χ3v) is 5.84. The molecular weight excluding hydrogens is 432 g/mol. The zero-order valence-corrected chi connectivity index (χ0v) is 19.6. The van der Waals surface area contributed by atoms with Gasteiger partial charge in [0.05, 0.1) is 18.2 Å². The Morgan fingerprint density at radius 3 is 2.38 bits per heavy atom. The van der Waals surface area contributed by atoms with E-state index in [1.54, 1.807) is 49.4 Å². The second-order valence-corrected chi connectivity index (χ2v) is 8.46. The van der Waals surface area contributed by atoms with Crippen LogP contribution in [0.25, 0.3) is 5.76 Å². The fourth-order valence-corrected chi connectivity index (χ4v) is 4.01. The van der Waals surface area contributed by atoms with Crippen LogP contribution in [0.3, 0.4) is 0 Å². The summed E-state index contributed by atoms with van der Waals surface area (Å²) in [5, 5.41) is 15.1. The van der Waals surface area contributed by atoms with E-state index >= 15 is 0 Å². The topological polar surface area (TPSA) is 92.9 Å². The number of carbonyl (C=O) groups is 2. The van der Waals surface area contributed by atoms with E-state index < -0.39 is 17.7 Å². The second-order valence-electron chi connectivity index (χ2n) is 8.46. The van der Waals surface area contributed by atoms with Gasteiger partial charge in [0.2, 0.25) is 0 Å². The minimum absolute atomic E-state index is 0.00567. The van der Waals surface area contributed by atoms with Gasteiger partial charge in [0.15, 0.2) is 5.82 Å². The number of ether oxygens (including phenoxy) is 1. The van der Waals surface area contributed by atoms with Gasteiger partial charge >= 0.3 is 5.91 Å². The molecule has 7 nitrogen and oxygen atoms in total. The Morgan fingerprint density at radius 1 is 1.06 bits per heavy atom. The normalized spacial score (nSPS) is 17.4. The summed E-state index contributed by atoms with van der Waals surface area (Å²) in [5.41, 5.74) is 2.13. The first-order valence-electron chi connectivity index (χ1n) is 11.4. The smallest absolute Gasteiger partial charge is 0.301 e. The molecule has 3 aromatic rings. The third-order valence-electron chi connectivity index (χ3n) is 5.84. The molecule has 0 unspecified atom stereocenters. The SMILES string of the molecule is CCCCCOc1ccc([C@@H]2C(=C(O)c3ccc(C)cc3)C(=O)C(=O)N2c2cc(C)on2)cc1. The molecule has 1 aliphatic rings. The summed E-state index contributed by atoms with van der Waals surface area (Å²) in [4.78, 5) is 27.5. The number of carbonyl (C=O) groups excluding carboxylic acids is 2. The Labute approximate surface area is 198 Å². The van der Waals surface area contributed by atoms with E-state index in [0.717, 1.165) is 24.8 Å². The van der Waals surface area contributed by atoms with Gasteiger partial charge in [-0.1, -0.05) is 66.9 Å². The van der Waals surface area contributed by atoms with Crippen molar-refractivity contribution in [1.29, 1.82) is 0 Å². The number of nitrogens with zero attached hydrogens (tertiary/aromatic N) is 2. The lowest BCUT2D eigenvalue weighted by molar-refractivity contribution is -0.132. The van der Waals surface area contributed by atoms with Crippen molar-refractivity contribution in [1.82, 2.24) is 5.16 Å². The lowest BCUT2D eigenvalue weighted by Crippen LogP contribution is -2.29. The molecule has 1 fully saturated rings. The number of aryl methyl sites for hydroxylation is 2. The van der Waals surface area contributed by atoms with E-state index in [-0.39, 0.29) is 17.2 Å². The first kappa shape index (κ1) is 23.3. The van der Waals surface area contributed by atoms with E-state index in [4.69, 9.17) is 9.26 Å². The molecule has 2 heterocycles. The summed E-state index contributed by atoms with van der Waals surface area (Å²) < 4.78 is 11.0. The van der Waals surface area contributed by atoms with Crippen LogP contribution >= 0.6 is 0 Å². The van der Waals surface area contributed by atoms with Crippen molar-refractivity contribution in [3.8, 4) is 5.75 Å². The van der Waals surface area contributed by atoms with E-state index in [0.29, 0.717) is 29.2 Å². The van der Waals surface area contributed by atoms with Crippen LogP contribution in [-0.2, 0) is 9.59 Å². The molecule has 1 N–H and O–H groups in total. The number of rotatable bonds is 8. The first-order valence-corrected chi connectivity index (χ1v) is 11.4. The van der Waals surface area contributed by atoms with Crippen LogP contribution in [0.4, 0.5) is 5.82 Å². The molecule has 1 saturated heterocycles. The zero-order valence-electron chi connectivity index (χ0n) is 19.6. The summed E-state index contributed by atoms with van der Waals surface area (Å²) in [7, 11) is 0. The lowest BCUT2D eigenvalue weighted by atomic mass is 9.95. The van der Waals surface area contributed by atoms with Crippen LogP contribution in [0.1, 0.15) is 54.7 Å². The van der Waals surface area contributed by atoms with E-state index in [1.165, 1.54) is 4.90 Å². The molecule has 7 heteroatoms. The number of unbranched alkanes of at least 4 members (excludes halogenated alkanes) is 2. The number of benzene rings is 2. The van der Waals surface area contributed by atoms with Crippen LogP contribution in [-0.4, -0.2) is 28.6 Å². The number of Topliss-reactive ketones (excluding diaryl/α,β-unsaturated/α-hetero) is 1. The average Bonchev–Trinajstić information content (AvgIpc) is 3.37. The minimum atomic E-state index is -0.861. The largest absolute Gasteiger partial charge is 0.507 e. The van der Waals surface area contributed by atoms with E-state index in [1.807, 2.05) is 19.1 Å². The van der Waals surface area contributed by atoms with Crippen molar-refractivity contribution in [3.05, 3.63) is 82.6 Å². The maximum absolute atomic E-state index is 13.1. The Balaban J connectivity index is 1.76. The minimum Gasteiger partial charge on any atom is -0.507 e. The van der Waals surface area contributed by atoms with Crippen molar-refractivity contribution in [2.45, 2.75) is 46.1 Å². The molecule has 34 heavy (non-hydrogen) atoms. The molecule has 0 bridgehead atoms. The van der Waals surface area contributed by atoms with Crippen molar-refractivity contribution < 1.29 is 24.0 Å². The highest BCUT2D eigenvalue weighted by Crippen LogP contribution is 2.42. The van der Waals surface area contributed by atoms with Gasteiger partial charge < -0.3 is 14.4 Å². The quantitative estimate of drug-likeness (QED) is 0.207. The summed E-state index contributed by atoms with van der Waals surface area (Å²) in [6.45, 7) is 6.40. The number of aromatic nitrogens is 1. The van der Waals surface area contributed by atoms with Gasteiger partial charge in [-0.05, 0) is 38.0 Å². The van der Waals surface area contributed by atoms with E-state index in [9.17, 15) is 14.7 Å². The molecule has 0 spiro atoms. The van der Waals surface area contributed by atoms with Crippen LogP contribution in [0.2, 0.25) is 0 Å². The number of amides is 1. The van der Waals surface area contributed by atoms with Crippen LogP contribution < -0.4 is 9.64 Å². The predicted molar refractivity (Wildman–Crippen MR) is 129 cm³/mol. The maximum atomic E-state index is 13.1. The molecule has 1 atom stereocenters. The summed E-state index contributed by atoms with van der Waals surface area (Å²) in [5.74, 6) is -0.355. The Bertz CT molecular complexity index is 1210. The van der Waals surface area contributed by atoms with Crippen LogP contribution in [0.5, 0.6) is 5.75 Å². The number of ketones is 1. The maximum Gasteiger partial charge on any atom is 0.301 e. The fourth-order valence-electron chi connectivity index (χ4n) is 4.01. The molecule has 2 aromatic carbocycles. The predicted octanol–water partition coefficient (Wildman–Crippen LogP) is 5.49. The van der Waals surface area contributed by atoms with Crippen molar-refractivity contribution in [2.24, 2.45) is 0 Å². The van der Waals surface area contributed by atoms with Gasteiger partial charge in [-0.2, -0.15) is 0 Å². The van der Waals surface area contributed by atoms with Gasteiger partial charge in [-0.3, -0.25) is 14.5 Å². The van der Waals surface area contributed by atoms with Crippen molar-refractivity contribution in [2.75, 3.05) is 11.5 Å². The lowest BCUT2D eigenvalue weighted by Gasteiger charge is -2.23. The molecule has 1 aliphatic heterocycles. The van der Waals surface area contributed by atoms with E-state index in [2.05, 4.69) is 12.1 Å². The monoisotopic (exact) mass is 460 g/mol. The van der Waals surface area contributed by atoms with Gasteiger partial charge in [-0.25, -0.2) is 0 Å². The first-order chi connectivity index (χ1) is 16.4. The molecule has 0 saturated carbocycles. The van der Waals surface area contributed by atoms with Gasteiger partial charge in [0.25, 0.3) is 5.78 Å². The molecule has 176 valence electrons. The third kappa shape index (κ3) is 4.59. The summed E-state index contributed by atoms with van der Waals surface area (Å²) in [6, 6.07) is 15.1. The molecule has 0 aliphatic carbocycles. The summed E-state index contributed by atoms with van der Waals surface area (Å²) >= 11 is 0. The molecule has 4 rings (SSSR count). The molecular formula is C27H28N2O5. The van der Waals surface area contributed by atoms with Crippen LogP contribution in [0.15, 0.2) is 64.7 Å². The Morgan fingerprint density at radius 2 is 1.76 bits per heavy atom. The highest BCUT2D eigenvalue weighted by atomic mass is 16.5. The second kappa shape index (κ2) is 9.95. The van der Waals surface area contributed by atoms with Crippen molar-refractivity contribution in [3.63, 3.8) is 0 Å². The fraction of sp³-hybridized carbons (Fsp3) is 0.296. The zero-order chi connectivity index (χ0) is 24.2. The number of hydrogen-bond donors (Lipinski definition) is 1. The molecule has 1 amide bonds. The van der Waals surface area contributed by atoms with Gasteiger partial charge in [0, 0.05) is 11.6 Å². The van der Waals surface area contributed by atoms with Gasteiger partial charge in [0.1, 0.15) is 17.3 Å². The number of anilines is 1. The van der Waals surface area contributed by atoms with Crippen molar-refractivity contribution >= 4 is 23.3 Å².